The minimum Gasteiger partial charge on any atom is -0.396 e. The fourth-order valence-electron chi connectivity index (χ4n) is 1.32. The molecule has 3 nitrogen and oxygen atoms in total. The second-order valence-electron chi connectivity index (χ2n) is 3.56. The quantitative estimate of drug-likeness (QED) is 0.583. The number of hydrogen-bond acceptors (Lipinski definition) is 2. The highest BCUT2D eigenvalue weighted by molar-refractivity contribution is 5.94. The molecule has 2 N–H and O–H groups in total. The van der Waals surface area contributed by atoms with Crippen LogP contribution in [0.4, 0.5) is 0 Å². The molecular weight excluding hydrogens is 202 g/mol. The molecule has 0 aromatic heterocycles. The minimum absolute atomic E-state index is 0.0989. The Morgan fingerprint density at radius 2 is 2.06 bits per heavy atom. The Bertz CT molecular complexity index is 357. The smallest absolute Gasteiger partial charge is 0.244 e. The summed E-state index contributed by atoms with van der Waals surface area (Å²) in [6.07, 6.45) is 2.16. The minimum atomic E-state index is -0.116. The van der Waals surface area contributed by atoms with Crippen molar-refractivity contribution < 1.29 is 9.90 Å². The van der Waals surface area contributed by atoms with Crippen molar-refractivity contribution >= 4 is 11.5 Å². The lowest BCUT2D eigenvalue weighted by Crippen LogP contribution is -2.23. The van der Waals surface area contributed by atoms with Gasteiger partial charge < -0.3 is 10.4 Å². The van der Waals surface area contributed by atoms with E-state index in [0.717, 1.165) is 11.1 Å². The van der Waals surface area contributed by atoms with Crippen molar-refractivity contribution in [2.45, 2.75) is 13.3 Å². The van der Waals surface area contributed by atoms with E-state index in [1.54, 1.807) is 6.08 Å². The Hall–Kier alpha value is -1.61. The van der Waals surface area contributed by atoms with Gasteiger partial charge >= 0.3 is 0 Å². The average molecular weight is 219 g/mol. The van der Waals surface area contributed by atoms with Crippen LogP contribution in [0, 0.1) is 0 Å². The molecule has 0 unspecified atom stereocenters. The van der Waals surface area contributed by atoms with E-state index in [1.165, 1.54) is 0 Å². The molecule has 0 spiro atoms. The summed E-state index contributed by atoms with van der Waals surface area (Å²) in [5.74, 6) is -0.116. The van der Waals surface area contributed by atoms with Crippen LogP contribution in [0.5, 0.6) is 0 Å². The standard InChI is InChI=1S/C13H17NO2/c1-11(12-6-3-2-4-7-12)10-13(16)14-8-5-9-15/h2-4,6-7,10,15H,5,8-9H2,1H3,(H,14,16)/b11-10-. The van der Waals surface area contributed by atoms with Crippen LogP contribution in [-0.4, -0.2) is 24.2 Å². The van der Waals surface area contributed by atoms with Crippen molar-refractivity contribution in [2.24, 2.45) is 0 Å². The van der Waals surface area contributed by atoms with E-state index >= 15 is 0 Å². The highest BCUT2D eigenvalue weighted by atomic mass is 16.3. The summed E-state index contributed by atoms with van der Waals surface area (Å²) >= 11 is 0. The zero-order chi connectivity index (χ0) is 11.8. The van der Waals surface area contributed by atoms with Gasteiger partial charge in [-0.05, 0) is 24.5 Å². The first-order valence-electron chi connectivity index (χ1n) is 5.36. The van der Waals surface area contributed by atoms with E-state index in [1.807, 2.05) is 37.3 Å². The molecule has 0 aliphatic rings. The number of allylic oxidation sites excluding steroid dienone is 1. The van der Waals surface area contributed by atoms with Crippen molar-refractivity contribution in [3.05, 3.63) is 42.0 Å². The van der Waals surface area contributed by atoms with Gasteiger partial charge in [0.1, 0.15) is 0 Å². The summed E-state index contributed by atoms with van der Waals surface area (Å²) in [4.78, 5) is 11.4. The molecule has 86 valence electrons. The molecule has 0 bridgehead atoms. The first-order valence-corrected chi connectivity index (χ1v) is 5.36. The molecule has 0 atom stereocenters. The Balaban J connectivity index is 2.53. The van der Waals surface area contributed by atoms with E-state index in [0.29, 0.717) is 13.0 Å². The normalized spacial score (nSPS) is 11.2. The molecule has 1 amide bonds. The number of hydrogen-bond donors (Lipinski definition) is 2. The van der Waals surface area contributed by atoms with Crippen molar-refractivity contribution in [1.29, 1.82) is 0 Å². The Kier molecular flexibility index (Phi) is 5.29. The average Bonchev–Trinajstić information content (AvgIpc) is 2.30. The van der Waals surface area contributed by atoms with Crippen molar-refractivity contribution in [3.63, 3.8) is 0 Å². The molecule has 0 saturated heterocycles. The second-order valence-corrected chi connectivity index (χ2v) is 3.56. The van der Waals surface area contributed by atoms with Crippen molar-refractivity contribution in [2.75, 3.05) is 13.2 Å². The van der Waals surface area contributed by atoms with Gasteiger partial charge in [0, 0.05) is 19.2 Å². The summed E-state index contributed by atoms with van der Waals surface area (Å²) in [5, 5.41) is 11.3. The largest absolute Gasteiger partial charge is 0.396 e. The maximum atomic E-state index is 11.4. The molecular formula is C13H17NO2. The maximum Gasteiger partial charge on any atom is 0.244 e. The molecule has 16 heavy (non-hydrogen) atoms. The number of rotatable bonds is 5. The van der Waals surface area contributed by atoms with Gasteiger partial charge in [-0.3, -0.25) is 4.79 Å². The molecule has 1 aromatic carbocycles. The summed E-state index contributed by atoms with van der Waals surface area (Å²) < 4.78 is 0. The monoisotopic (exact) mass is 219 g/mol. The third kappa shape index (κ3) is 4.28. The molecule has 0 aliphatic heterocycles. The van der Waals surface area contributed by atoms with Gasteiger partial charge in [-0.25, -0.2) is 0 Å². The number of carbonyl (C=O) groups is 1. The van der Waals surface area contributed by atoms with E-state index in [2.05, 4.69) is 5.32 Å². The Morgan fingerprint density at radius 3 is 2.69 bits per heavy atom. The van der Waals surface area contributed by atoms with Crippen molar-refractivity contribution in [1.82, 2.24) is 5.32 Å². The third-order valence-electron chi connectivity index (χ3n) is 2.21. The molecule has 1 rings (SSSR count). The molecule has 0 fully saturated rings. The number of benzene rings is 1. The van der Waals surface area contributed by atoms with Gasteiger partial charge in [0.2, 0.25) is 5.91 Å². The number of amides is 1. The molecule has 0 saturated carbocycles. The zero-order valence-corrected chi connectivity index (χ0v) is 9.44. The van der Waals surface area contributed by atoms with Gasteiger partial charge in [0.15, 0.2) is 0 Å². The Labute approximate surface area is 95.8 Å². The fourth-order valence-corrected chi connectivity index (χ4v) is 1.32. The van der Waals surface area contributed by atoms with Gasteiger partial charge in [0.25, 0.3) is 0 Å². The van der Waals surface area contributed by atoms with E-state index in [-0.39, 0.29) is 12.5 Å². The predicted molar refractivity (Wildman–Crippen MR) is 64.8 cm³/mol. The van der Waals surface area contributed by atoms with Crippen LogP contribution < -0.4 is 5.32 Å². The van der Waals surface area contributed by atoms with Crippen molar-refractivity contribution in [3.8, 4) is 0 Å². The lowest BCUT2D eigenvalue weighted by Gasteiger charge is -2.02. The van der Waals surface area contributed by atoms with Crippen LogP contribution in [-0.2, 0) is 4.79 Å². The molecule has 3 heteroatoms. The van der Waals surface area contributed by atoms with Crippen LogP contribution in [0.3, 0.4) is 0 Å². The maximum absolute atomic E-state index is 11.4. The third-order valence-corrected chi connectivity index (χ3v) is 2.21. The van der Waals surface area contributed by atoms with Gasteiger partial charge in [-0.2, -0.15) is 0 Å². The van der Waals surface area contributed by atoms with E-state index < -0.39 is 0 Å². The van der Waals surface area contributed by atoms with Crippen LogP contribution >= 0.6 is 0 Å². The lowest BCUT2D eigenvalue weighted by molar-refractivity contribution is -0.116. The van der Waals surface area contributed by atoms with Crippen LogP contribution in [0.15, 0.2) is 36.4 Å². The Morgan fingerprint density at radius 1 is 1.38 bits per heavy atom. The summed E-state index contributed by atoms with van der Waals surface area (Å²) in [6.45, 7) is 2.51. The highest BCUT2D eigenvalue weighted by Crippen LogP contribution is 2.11. The fraction of sp³-hybridized carbons (Fsp3) is 0.308. The molecule has 0 heterocycles. The van der Waals surface area contributed by atoms with E-state index in [4.69, 9.17) is 5.11 Å². The van der Waals surface area contributed by atoms with Crippen LogP contribution in [0.2, 0.25) is 0 Å². The van der Waals surface area contributed by atoms with E-state index in [9.17, 15) is 4.79 Å². The lowest BCUT2D eigenvalue weighted by atomic mass is 10.1. The molecule has 0 aliphatic carbocycles. The number of aliphatic hydroxyl groups excluding tert-OH is 1. The van der Waals surface area contributed by atoms with Crippen LogP contribution in [0.1, 0.15) is 18.9 Å². The molecule has 1 aromatic rings. The highest BCUT2D eigenvalue weighted by Gasteiger charge is 1.99. The number of nitrogens with one attached hydrogen (secondary N) is 1. The first kappa shape index (κ1) is 12.5. The SMILES string of the molecule is C/C(=C/C(=O)NCCCO)c1ccccc1. The summed E-state index contributed by atoms with van der Waals surface area (Å²) in [5.41, 5.74) is 1.97. The summed E-state index contributed by atoms with van der Waals surface area (Å²) in [7, 11) is 0. The molecule has 0 radical (unpaired) electrons. The summed E-state index contributed by atoms with van der Waals surface area (Å²) in [6, 6.07) is 9.75. The zero-order valence-electron chi connectivity index (χ0n) is 9.44. The predicted octanol–water partition coefficient (Wildman–Crippen LogP) is 1.59. The van der Waals surface area contributed by atoms with Gasteiger partial charge in [0.05, 0.1) is 0 Å². The van der Waals surface area contributed by atoms with Crippen LogP contribution in [0.25, 0.3) is 5.57 Å². The topological polar surface area (TPSA) is 49.3 Å². The first-order chi connectivity index (χ1) is 7.74. The van der Waals surface area contributed by atoms with Gasteiger partial charge in [-0.15, -0.1) is 0 Å². The van der Waals surface area contributed by atoms with Gasteiger partial charge in [-0.1, -0.05) is 30.3 Å². The second kappa shape index (κ2) is 6.80. The number of aliphatic hydroxyl groups is 1. The number of carbonyl (C=O) groups excluding carboxylic acids is 1.